The number of methoxy groups -OCH3 is 1. The van der Waals surface area contributed by atoms with Crippen molar-refractivity contribution < 1.29 is 9.53 Å². The average Bonchev–Trinajstić information content (AvgIpc) is 3.03. The van der Waals surface area contributed by atoms with Crippen LogP contribution in [0.25, 0.3) is 16.8 Å². The number of carbonyl (C=O) groups is 1. The van der Waals surface area contributed by atoms with Gasteiger partial charge in [0.05, 0.1) is 12.3 Å². The predicted octanol–water partition coefficient (Wildman–Crippen LogP) is 1.08. The molecule has 9 heteroatoms. The van der Waals surface area contributed by atoms with Gasteiger partial charge in [0.15, 0.2) is 0 Å². The number of nitrogens with zero attached hydrogens (tertiary/aromatic N) is 4. The van der Waals surface area contributed by atoms with Gasteiger partial charge in [0.25, 0.3) is 5.56 Å². The second-order valence-corrected chi connectivity index (χ2v) is 6.22. The van der Waals surface area contributed by atoms with Gasteiger partial charge in [-0.3, -0.25) is 9.59 Å². The Labute approximate surface area is 151 Å². The molecule has 0 saturated carbocycles. The van der Waals surface area contributed by atoms with Crippen LogP contribution in [0.2, 0.25) is 0 Å². The average molecular weight is 406 g/mol. The van der Waals surface area contributed by atoms with Crippen LogP contribution in [0.3, 0.4) is 0 Å². The highest BCUT2D eigenvalue weighted by atomic mass is 79.9. The van der Waals surface area contributed by atoms with Crippen molar-refractivity contribution in [3.8, 4) is 11.3 Å². The summed E-state index contributed by atoms with van der Waals surface area (Å²) in [5, 5.41) is 11.0. The molecule has 0 spiro atoms. The fourth-order valence-corrected chi connectivity index (χ4v) is 2.56. The van der Waals surface area contributed by atoms with E-state index < -0.39 is 0 Å². The molecule has 2 aromatic heterocycles. The van der Waals surface area contributed by atoms with Crippen LogP contribution in [0.5, 0.6) is 0 Å². The highest BCUT2D eigenvalue weighted by Gasteiger charge is 2.12. The minimum atomic E-state index is -0.375. The van der Waals surface area contributed by atoms with Gasteiger partial charge in [-0.1, -0.05) is 28.1 Å². The summed E-state index contributed by atoms with van der Waals surface area (Å²) in [6, 6.07) is 9.30. The molecular weight excluding hydrogens is 390 g/mol. The van der Waals surface area contributed by atoms with E-state index in [1.807, 2.05) is 24.3 Å². The van der Waals surface area contributed by atoms with Crippen molar-refractivity contribution in [1.29, 1.82) is 0 Å². The lowest BCUT2D eigenvalue weighted by molar-refractivity contribution is -0.122. The van der Waals surface area contributed by atoms with Gasteiger partial charge >= 0.3 is 0 Å². The predicted molar refractivity (Wildman–Crippen MR) is 95.3 cm³/mol. The number of ether oxygens (including phenoxy) is 1. The lowest BCUT2D eigenvalue weighted by atomic mass is 10.1. The number of aromatic nitrogens is 4. The topological polar surface area (TPSA) is 90.5 Å². The minimum absolute atomic E-state index is 0.155. The third-order valence-corrected chi connectivity index (χ3v) is 4.08. The van der Waals surface area contributed by atoms with Gasteiger partial charge in [0, 0.05) is 23.7 Å². The molecule has 0 saturated heterocycles. The van der Waals surface area contributed by atoms with Crippen molar-refractivity contribution in [2.24, 2.45) is 0 Å². The third-order valence-electron chi connectivity index (χ3n) is 3.55. The molecule has 1 N–H and O–H groups in total. The first kappa shape index (κ1) is 17.3. The van der Waals surface area contributed by atoms with E-state index in [1.54, 1.807) is 13.2 Å². The monoisotopic (exact) mass is 405 g/mol. The molecule has 0 radical (unpaired) electrons. The Morgan fingerprint density at radius 2 is 2.08 bits per heavy atom. The highest BCUT2D eigenvalue weighted by molar-refractivity contribution is 9.10. The molecule has 0 unspecified atom stereocenters. The first-order chi connectivity index (χ1) is 12.1. The summed E-state index contributed by atoms with van der Waals surface area (Å²) in [6.07, 6.45) is 1.42. The molecule has 2 heterocycles. The Bertz CT molecular complexity index is 949. The second kappa shape index (κ2) is 7.58. The van der Waals surface area contributed by atoms with Crippen molar-refractivity contribution in [3.05, 3.63) is 51.5 Å². The molecule has 130 valence electrons. The number of nitrogens with one attached hydrogen (secondary N) is 1. The van der Waals surface area contributed by atoms with E-state index in [2.05, 4.69) is 31.4 Å². The molecule has 0 fully saturated rings. The molecule has 3 rings (SSSR count). The van der Waals surface area contributed by atoms with Crippen molar-refractivity contribution in [3.63, 3.8) is 0 Å². The molecule has 8 nitrogen and oxygen atoms in total. The smallest absolute Gasteiger partial charge is 0.293 e. The maximum Gasteiger partial charge on any atom is 0.293 e. The normalized spacial score (nSPS) is 11.0. The maximum absolute atomic E-state index is 12.5. The molecule has 0 atom stereocenters. The molecule has 1 aromatic carbocycles. The molecule has 0 bridgehead atoms. The van der Waals surface area contributed by atoms with Crippen LogP contribution in [0, 0.1) is 0 Å². The zero-order chi connectivity index (χ0) is 17.8. The zero-order valence-corrected chi connectivity index (χ0v) is 15.1. The molecule has 0 aliphatic rings. The Hall–Kier alpha value is -2.52. The van der Waals surface area contributed by atoms with Gasteiger partial charge in [0.1, 0.15) is 18.4 Å². The Morgan fingerprint density at radius 1 is 1.32 bits per heavy atom. The molecule has 1 amide bonds. The van der Waals surface area contributed by atoms with E-state index in [-0.39, 0.29) is 18.0 Å². The maximum atomic E-state index is 12.5. The molecular formula is C16H16BrN5O3. The number of carbonyl (C=O) groups excluding carboxylic acids is 1. The number of fused-ring (bicyclic) bond motifs is 1. The van der Waals surface area contributed by atoms with Crippen LogP contribution in [0.15, 0.2) is 45.9 Å². The Kier molecular flexibility index (Phi) is 5.25. The van der Waals surface area contributed by atoms with E-state index in [0.717, 1.165) is 14.7 Å². The summed E-state index contributed by atoms with van der Waals surface area (Å²) >= 11 is 3.38. The Balaban J connectivity index is 1.86. The minimum Gasteiger partial charge on any atom is -0.383 e. The number of hydrogen-bond donors (Lipinski definition) is 1. The van der Waals surface area contributed by atoms with Crippen molar-refractivity contribution in [2.45, 2.75) is 6.54 Å². The highest BCUT2D eigenvalue weighted by Crippen LogP contribution is 2.20. The third kappa shape index (κ3) is 3.94. The number of amides is 1. The van der Waals surface area contributed by atoms with Crippen molar-refractivity contribution >= 4 is 27.4 Å². The van der Waals surface area contributed by atoms with E-state index in [9.17, 15) is 9.59 Å². The van der Waals surface area contributed by atoms with Crippen LogP contribution in [-0.4, -0.2) is 45.6 Å². The summed E-state index contributed by atoms with van der Waals surface area (Å²) in [4.78, 5) is 24.4. The van der Waals surface area contributed by atoms with Crippen LogP contribution >= 0.6 is 15.9 Å². The van der Waals surface area contributed by atoms with E-state index in [0.29, 0.717) is 24.4 Å². The summed E-state index contributed by atoms with van der Waals surface area (Å²) < 4.78 is 8.36. The summed E-state index contributed by atoms with van der Waals surface area (Å²) in [6.45, 7) is 0.636. The van der Waals surface area contributed by atoms with Crippen molar-refractivity contribution in [1.82, 2.24) is 24.7 Å². The standard InChI is InChI=1S/C16H16BrN5O3/c1-25-7-6-18-15(23)9-21-16(24)14-8-13(20-22(14)10-19-21)11-2-4-12(17)5-3-11/h2-5,8,10H,6-7,9H2,1H3,(H,18,23). The summed E-state index contributed by atoms with van der Waals surface area (Å²) in [5.74, 6) is -0.302. The van der Waals surface area contributed by atoms with Gasteiger partial charge in [-0.15, -0.1) is 0 Å². The first-order valence-electron chi connectivity index (χ1n) is 7.55. The summed E-state index contributed by atoms with van der Waals surface area (Å²) in [5.41, 5.74) is 1.53. The van der Waals surface area contributed by atoms with Crippen LogP contribution in [0.4, 0.5) is 0 Å². The fourth-order valence-electron chi connectivity index (χ4n) is 2.30. The second-order valence-electron chi connectivity index (χ2n) is 5.30. The van der Waals surface area contributed by atoms with E-state index >= 15 is 0 Å². The van der Waals surface area contributed by atoms with Gasteiger partial charge in [-0.05, 0) is 18.2 Å². The quantitative estimate of drug-likeness (QED) is 0.619. The van der Waals surface area contributed by atoms with Crippen molar-refractivity contribution in [2.75, 3.05) is 20.3 Å². The molecule has 0 aliphatic carbocycles. The van der Waals surface area contributed by atoms with Gasteiger partial charge in [-0.2, -0.15) is 10.2 Å². The van der Waals surface area contributed by atoms with Crippen LogP contribution in [0.1, 0.15) is 0 Å². The number of halogens is 1. The summed E-state index contributed by atoms with van der Waals surface area (Å²) in [7, 11) is 1.55. The SMILES string of the molecule is COCCNC(=O)Cn1ncn2nc(-c3ccc(Br)cc3)cc2c1=O. The molecule has 3 aromatic rings. The van der Waals surface area contributed by atoms with Gasteiger partial charge < -0.3 is 10.1 Å². The first-order valence-corrected chi connectivity index (χ1v) is 8.35. The number of benzene rings is 1. The fraction of sp³-hybridized carbons (Fsp3) is 0.250. The zero-order valence-electron chi connectivity index (χ0n) is 13.5. The van der Waals surface area contributed by atoms with Gasteiger partial charge in [0.2, 0.25) is 5.91 Å². The lowest BCUT2D eigenvalue weighted by Crippen LogP contribution is -2.35. The number of hydrogen-bond acceptors (Lipinski definition) is 5. The van der Waals surface area contributed by atoms with E-state index in [4.69, 9.17) is 4.74 Å². The number of rotatable bonds is 6. The molecule has 0 aliphatic heterocycles. The van der Waals surface area contributed by atoms with E-state index in [1.165, 1.54) is 10.8 Å². The lowest BCUT2D eigenvalue weighted by Gasteiger charge is -2.06. The largest absolute Gasteiger partial charge is 0.383 e. The Morgan fingerprint density at radius 3 is 2.80 bits per heavy atom. The van der Waals surface area contributed by atoms with Gasteiger partial charge in [-0.25, -0.2) is 9.20 Å². The van der Waals surface area contributed by atoms with Crippen LogP contribution in [-0.2, 0) is 16.1 Å². The van der Waals surface area contributed by atoms with Crippen LogP contribution < -0.4 is 10.9 Å². The molecule has 25 heavy (non-hydrogen) atoms.